The monoisotopic (exact) mass is 317 g/mol. The molecule has 0 fully saturated rings. The van der Waals surface area contributed by atoms with Crippen molar-refractivity contribution in [2.24, 2.45) is 17.1 Å². The van der Waals surface area contributed by atoms with Gasteiger partial charge in [0.05, 0.1) is 3.79 Å². The number of thiophene rings is 1. The maximum absolute atomic E-state index is 6.31. The molecule has 1 nitrogen and oxygen atoms in total. The van der Waals surface area contributed by atoms with Gasteiger partial charge in [-0.15, -0.1) is 11.3 Å². The van der Waals surface area contributed by atoms with Gasteiger partial charge in [-0.05, 0) is 58.7 Å². The lowest BCUT2D eigenvalue weighted by Gasteiger charge is -2.25. The summed E-state index contributed by atoms with van der Waals surface area (Å²) >= 11 is 5.30. The first kappa shape index (κ1) is 15.2. The Balaban J connectivity index is 2.60. The second kappa shape index (κ2) is 5.85. The predicted octanol–water partition coefficient (Wildman–Crippen LogP) is 5.28. The van der Waals surface area contributed by atoms with Crippen LogP contribution in [-0.4, -0.2) is 0 Å². The highest BCUT2D eigenvalue weighted by atomic mass is 79.9. The molecule has 0 saturated carbocycles. The fraction of sp³-hybridized carbons (Fsp3) is 0.714. The molecule has 0 amide bonds. The SMILES string of the molecule is Cc1sc(Br)cc1C(N)CC(C)CC(C)(C)C. The Morgan fingerprint density at radius 2 is 2.00 bits per heavy atom. The second-order valence-corrected chi connectivity index (χ2v) is 8.91. The number of aryl methyl sites for hydroxylation is 1. The first-order chi connectivity index (χ1) is 7.69. The number of hydrogen-bond donors (Lipinski definition) is 1. The van der Waals surface area contributed by atoms with Crippen LogP contribution in [0.2, 0.25) is 0 Å². The summed E-state index contributed by atoms with van der Waals surface area (Å²) in [6.45, 7) is 11.3. The first-order valence-electron chi connectivity index (χ1n) is 6.20. The largest absolute Gasteiger partial charge is 0.324 e. The Labute approximate surface area is 118 Å². The van der Waals surface area contributed by atoms with Crippen molar-refractivity contribution in [3.8, 4) is 0 Å². The quantitative estimate of drug-likeness (QED) is 0.803. The molecule has 0 aliphatic heterocycles. The Morgan fingerprint density at radius 3 is 2.41 bits per heavy atom. The Bertz CT molecular complexity index is 365. The minimum atomic E-state index is 0.176. The molecule has 2 N–H and O–H groups in total. The molecule has 1 aromatic heterocycles. The molecule has 0 aliphatic carbocycles. The molecule has 1 heterocycles. The van der Waals surface area contributed by atoms with Gasteiger partial charge in [-0.2, -0.15) is 0 Å². The van der Waals surface area contributed by atoms with Gasteiger partial charge in [0, 0.05) is 10.9 Å². The van der Waals surface area contributed by atoms with Crippen molar-refractivity contribution in [1.29, 1.82) is 0 Å². The van der Waals surface area contributed by atoms with E-state index >= 15 is 0 Å². The summed E-state index contributed by atoms with van der Waals surface area (Å²) < 4.78 is 1.18. The lowest BCUT2D eigenvalue weighted by molar-refractivity contribution is 0.286. The van der Waals surface area contributed by atoms with Gasteiger partial charge >= 0.3 is 0 Å². The Morgan fingerprint density at radius 1 is 1.41 bits per heavy atom. The van der Waals surface area contributed by atoms with Crippen LogP contribution in [0.4, 0.5) is 0 Å². The fourth-order valence-corrected chi connectivity index (χ4v) is 4.30. The lowest BCUT2D eigenvalue weighted by Crippen LogP contribution is -2.18. The van der Waals surface area contributed by atoms with Crippen molar-refractivity contribution in [1.82, 2.24) is 0 Å². The van der Waals surface area contributed by atoms with Gasteiger partial charge < -0.3 is 5.73 Å². The molecule has 0 saturated heterocycles. The zero-order valence-corrected chi connectivity index (χ0v) is 13.9. The van der Waals surface area contributed by atoms with Gasteiger partial charge in [-0.25, -0.2) is 0 Å². The van der Waals surface area contributed by atoms with Crippen LogP contribution in [0.15, 0.2) is 9.85 Å². The topological polar surface area (TPSA) is 26.0 Å². The molecule has 17 heavy (non-hydrogen) atoms. The van der Waals surface area contributed by atoms with Crippen LogP contribution in [0, 0.1) is 18.3 Å². The van der Waals surface area contributed by atoms with Gasteiger partial charge in [-0.3, -0.25) is 0 Å². The van der Waals surface area contributed by atoms with Crippen LogP contribution in [0.1, 0.15) is 57.0 Å². The number of hydrogen-bond acceptors (Lipinski definition) is 2. The third-order valence-electron chi connectivity index (χ3n) is 2.94. The van der Waals surface area contributed by atoms with Crippen LogP contribution in [0.25, 0.3) is 0 Å². The average molecular weight is 318 g/mol. The molecule has 98 valence electrons. The van der Waals surface area contributed by atoms with Crippen molar-refractivity contribution >= 4 is 27.3 Å². The van der Waals surface area contributed by atoms with Gasteiger partial charge in [-0.1, -0.05) is 27.7 Å². The number of halogens is 1. The molecule has 3 heteroatoms. The fourth-order valence-electron chi connectivity index (χ4n) is 2.52. The Hall–Kier alpha value is 0.140. The van der Waals surface area contributed by atoms with E-state index in [0.717, 1.165) is 6.42 Å². The van der Waals surface area contributed by atoms with Gasteiger partial charge in [0.15, 0.2) is 0 Å². The molecule has 0 radical (unpaired) electrons. The van der Waals surface area contributed by atoms with Crippen LogP contribution in [-0.2, 0) is 0 Å². The van der Waals surface area contributed by atoms with E-state index in [2.05, 4.69) is 56.6 Å². The van der Waals surface area contributed by atoms with Gasteiger partial charge in [0.25, 0.3) is 0 Å². The molecule has 2 atom stereocenters. The van der Waals surface area contributed by atoms with E-state index in [1.54, 1.807) is 11.3 Å². The van der Waals surface area contributed by atoms with Crippen LogP contribution >= 0.6 is 27.3 Å². The van der Waals surface area contributed by atoms with E-state index < -0.39 is 0 Å². The number of rotatable bonds is 4. The molecule has 0 spiro atoms. The van der Waals surface area contributed by atoms with Crippen molar-refractivity contribution in [2.45, 2.75) is 53.5 Å². The number of nitrogens with two attached hydrogens (primary N) is 1. The van der Waals surface area contributed by atoms with E-state index in [1.807, 2.05) is 0 Å². The molecule has 0 bridgehead atoms. The van der Waals surface area contributed by atoms with E-state index in [9.17, 15) is 0 Å². The Kier molecular flexibility index (Phi) is 5.23. The zero-order valence-electron chi connectivity index (χ0n) is 11.5. The molecule has 1 rings (SSSR count). The summed E-state index contributed by atoms with van der Waals surface area (Å²) in [5.41, 5.74) is 8.02. The van der Waals surface area contributed by atoms with Crippen molar-refractivity contribution in [3.63, 3.8) is 0 Å². The zero-order chi connectivity index (χ0) is 13.2. The van der Waals surface area contributed by atoms with Crippen molar-refractivity contribution < 1.29 is 0 Å². The summed E-state index contributed by atoms with van der Waals surface area (Å²) in [6.07, 6.45) is 2.30. The summed E-state index contributed by atoms with van der Waals surface area (Å²) in [5.74, 6) is 0.670. The molecular weight excluding hydrogens is 294 g/mol. The highest BCUT2D eigenvalue weighted by molar-refractivity contribution is 9.11. The van der Waals surface area contributed by atoms with E-state index in [0.29, 0.717) is 11.3 Å². The summed E-state index contributed by atoms with van der Waals surface area (Å²) in [7, 11) is 0. The van der Waals surface area contributed by atoms with E-state index in [4.69, 9.17) is 5.73 Å². The highest BCUT2D eigenvalue weighted by Crippen LogP contribution is 2.34. The highest BCUT2D eigenvalue weighted by Gasteiger charge is 2.19. The smallest absolute Gasteiger partial charge is 0.0704 e. The van der Waals surface area contributed by atoms with E-state index in [-0.39, 0.29) is 6.04 Å². The van der Waals surface area contributed by atoms with Crippen molar-refractivity contribution in [2.75, 3.05) is 0 Å². The summed E-state index contributed by atoms with van der Waals surface area (Å²) in [5, 5.41) is 0. The molecular formula is C14H24BrNS. The summed E-state index contributed by atoms with van der Waals surface area (Å²) in [4.78, 5) is 1.34. The minimum absolute atomic E-state index is 0.176. The lowest BCUT2D eigenvalue weighted by atomic mass is 9.82. The van der Waals surface area contributed by atoms with E-state index in [1.165, 1.54) is 20.6 Å². The second-order valence-electron chi connectivity index (χ2n) is 6.27. The van der Waals surface area contributed by atoms with Crippen LogP contribution in [0.5, 0.6) is 0 Å². The maximum Gasteiger partial charge on any atom is 0.0704 e. The molecule has 0 aliphatic rings. The van der Waals surface area contributed by atoms with Crippen LogP contribution in [0.3, 0.4) is 0 Å². The first-order valence-corrected chi connectivity index (χ1v) is 7.81. The molecule has 2 unspecified atom stereocenters. The normalized spacial score (nSPS) is 15.9. The third kappa shape index (κ3) is 5.11. The molecule has 0 aromatic carbocycles. The van der Waals surface area contributed by atoms with Crippen LogP contribution < -0.4 is 5.73 Å². The van der Waals surface area contributed by atoms with Gasteiger partial charge in [0.2, 0.25) is 0 Å². The average Bonchev–Trinajstić information content (AvgIpc) is 2.41. The third-order valence-corrected chi connectivity index (χ3v) is 4.51. The summed E-state index contributed by atoms with van der Waals surface area (Å²) in [6, 6.07) is 2.35. The maximum atomic E-state index is 6.31. The molecule has 1 aromatic rings. The standard InChI is InChI=1S/C14H24BrNS/c1-9(8-14(3,4)5)6-12(16)11-7-13(15)17-10(11)2/h7,9,12H,6,8,16H2,1-5H3. The predicted molar refractivity (Wildman–Crippen MR) is 81.5 cm³/mol. The minimum Gasteiger partial charge on any atom is -0.324 e. The van der Waals surface area contributed by atoms with Gasteiger partial charge in [0.1, 0.15) is 0 Å². The van der Waals surface area contributed by atoms with Crippen molar-refractivity contribution in [3.05, 3.63) is 20.3 Å².